The fraction of sp³-hybridized carbons (Fsp3) is 0.435. The average molecular weight is 418 g/mol. The van der Waals surface area contributed by atoms with Gasteiger partial charge < -0.3 is 19.9 Å². The maximum absolute atomic E-state index is 12.5. The van der Waals surface area contributed by atoms with Crippen molar-refractivity contribution in [2.24, 2.45) is 0 Å². The zero-order valence-electron chi connectivity index (χ0n) is 17.6. The fourth-order valence-electron chi connectivity index (χ4n) is 4.05. The summed E-state index contributed by atoms with van der Waals surface area (Å²) in [5.41, 5.74) is 3.48. The quantitative estimate of drug-likeness (QED) is 0.624. The van der Waals surface area contributed by atoms with Crippen molar-refractivity contribution >= 4 is 17.5 Å². The van der Waals surface area contributed by atoms with Crippen LogP contribution in [-0.4, -0.2) is 45.7 Å². The molecule has 29 heavy (non-hydrogen) atoms. The molecule has 1 saturated heterocycles. The zero-order chi connectivity index (χ0) is 20.8. The van der Waals surface area contributed by atoms with Crippen molar-refractivity contribution in [1.29, 1.82) is 0 Å². The predicted molar refractivity (Wildman–Crippen MR) is 116 cm³/mol. The van der Waals surface area contributed by atoms with Crippen molar-refractivity contribution in [2.45, 2.75) is 26.4 Å². The van der Waals surface area contributed by atoms with Gasteiger partial charge in [-0.05, 0) is 37.6 Å². The van der Waals surface area contributed by atoms with Gasteiger partial charge in [-0.25, -0.2) is 0 Å². The van der Waals surface area contributed by atoms with Gasteiger partial charge >= 0.3 is 0 Å². The van der Waals surface area contributed by atoms with Crippen LogP contribution >= 0.6 is 11.6 Å². The van der Waals surface area contributed by atoms with E-state index in [2.05, 4.69) is 30.4 Å². The van der Waals surface area contributed by atoms with Gasteiger partial charge in [0.2, 0.25) is 0 Å². The molecule has 3 rings (SSSR count). The second kappa shape index (κ2) is 10.1. The molecule has 1 fully saturated rings. The van der Waals surface area contributed by atoms with Gasteiger partial charge in [0.25, 0.3) is 5.91 Å². The number of quaternary nitrogens is 2. The van der Waals surface area contributed by atoms with Crippen LogP contribution < -0.4 is 19.9 Å². The van der Waals surface area contributed by atoms with Crippen LogP contribution in [0.3, 0.4) is 0 Å². The highest BCUT2D eigenvalue weighted by Gasteiger charge is 2.26. The molecule has 0 spiro atoms. The van der Waals surface area contributed by atoms with Crippen molar-refractivity contribution in [3.05, 3.63) is 64.2 Å². The minimum Gasteiger partial charge on any atom is -0.496 e. The van der Waals surface area contributed by atoms with Gasteiger partial charge in [0, 0.05) is 10.6 Å². The third kappa shape index (κ3) is 5.95. The molecule has 156 valence electrons. The number of benzene rings is 2. The highest BCUT2D eigenvalue weighted by atomic mass is 35.5. The minimum atomic E-state index is -0.0868. The van der Waals surface area contributed by atoms with Crippen molar-refractivity contribution in [3.63, 3.8) is 0 Å². The van der Waals surface area contributed by atoms with Crippen molar-refractivity contribution in [1.82, 2.24) is 5.32 Å². The van der Waals surface area contributed by atoms with E-state index in [1.165, 1.54) is 16.0 Å². The molecule has 2 aromatic rings. The molecule has 2 aromatic carbocycles. The molecule has 1 aliphatic heterocycles. The van der Waals surface area contributed by atoms with Gasteiger partial charge in [0.15, 0.2) is 6.54 Å². The van der Waals surface area contributed by atoms with E-state index in [-0.39, 0.29) is 11.9 Å². The monoisotopic (exact) mass is 417 g/mol. The number of rotatable bonds is 7. The van der Waals surface area contributed by atoms with E-state index >= 15 is 0 Å². The first-order valence-electron chi connectivity index (χ1n) is 10.3. The third-order valence-corrected chi connectivity index (χ3v) is 6.04. The SMILES string of the molecule is COc1ccc(C)cc1C[NH+]1CC[NH+](CC(=O)N[C@H](C)c2ccccc2Cl)CC1. The number of aryl methyl sites for hydroxylation is 1. The first-order valence-corrected chi connectivity index (χ1v) is 10.7. The number of carbonyl (C=O) groups excluding carboxylic acids is 1. The van der Waals surface area contributed by atoms with E-state index in [1.54, 1.807) is 12.0 Å². The van der Waals surface area contributed by atoms with Crippen LogP contribution in [0.15, 0.2) is 42.5 Å². The number of halogens is 1. The summed E-state index contributed by atoms with van der Waals surface area (Å²) in [5.74, 6) is 1.04. The van der Waals surface area contributed by atoms with Crippen molar-refractivity contribution < 1.29 is 19.3 Å². The van der Waals surface area contributed by atoms with E-state index in [9.17, 15) is 4.79 Å². The number of carbonyl (C=O) groups is 1. The van der Waals surface area contributed by atoms with Crippen LogP contribution in [0.4, 0.5) is 0 Å². The summed E-state index contributed by atoms with van der Waals surface area (Å²) < 4.78 is 5.52. The van der Waals surface area contributed by atoms with E-state index in [0.717, 1.165) is 44.0 Å². The molecule has 3 N–H and O–H groups in total. The summed E-state index contributed by atoms with van der Waals surface area (Å²) in [7, 11) is 1.73. The molecule has 1 heterocycles. The molecule has 0 bridgehead atoms. The lowest BCUT2D eigenvalue weighted by molar-refractivity contribution is -1.02. The average Bonchev–Trinajstić information content (AvgIpc) is 2.70. The van der Waals surface area contributed by atoms with Crippen LogP contribution in [0, 0.1) is 6.92 Å². The molecule has 0 saturated carbocycles. The summed E-state index contributed by atoms with van der Waals surface area (Å²) in [6.07, 6.45) is 0. The first kappa shape index (κ1) is 21.6. The Balaban J connectivity index is 1.47. The molecule has 0 unspecified atom stereocenters. The second-order valence-corrected chi connectivity index (χ2v) is 8.39. The van der Waals surface area contributed by atoms with E-state index < -0.39 is 0 Å². The van der Waals surface area contributed by atoms with Gasteiger partial charge in [-0.2, -0.15) is 0 Å². The Morgan fingerprint density at radius 2 is 1.83 bits per heavy atom. The van der Waals surface area contributed by atoms with Gasteiger partial charge in [-0.15, -0.1) is 0 Å². The molecule has 0 radical (unpaired) electrons. The highest BCUT2D eigenvalue weighted by Crippen LogP contribution is 2.22. The maximum atomic E-state index is 12.5. The molecule has 6 heteroatoms. The summed E-state index contributed by atoms with van der Waals surface area (Å²) in [6, 6.07) is 13.9. The predicted octanol–water partition coefficient (Wildman–Crippen LogP) is 0.818. The van der Waals surface area contributed by atoms with Crippen molar-refractivity contribution in [2.75, 3.05) is 39.8 Å². The number of amides is 1. The number of methoxy groups -OCH3 is 1. The standard InChI is InChI=1S/C23H30ClN3O2/c1-17-8-9-22(29-3)19(14-17)15-26-10-12-27(13-11-26)16-23(28)25-18(2)20-6-4-5-7-21(20)24/h4-9,14,18H,10-13,15-16H2,1-3H3,(H,25,28)/p+2/t18-/m1/s1. The second-order valence-electron chi connectivity index (χ2n) is 7.98. The van der Waals surface area contributed by atoms with Crippen LogP contribution in [0.25, 0.3) is 0 Å². The van der Waals surface area contributed by atoms with Gasteiger partial charge in [0.05, 0.1) is 13.2 Å². The molecule has 0 aliphatic carbocycles. The van der Waals surface area contributed by atoms with Gasteiger partial charge in [0.1, 0.15) is 38.5 Å². The molecule has 0 aromatic heterocycles. The zero-order valence-corrected chi connectivity index (χ0v) is 18.3. The Hall–Kier alpha value is -2.08. The molecule has 1 aliphatic rings. The smallest absolute Gasteiger partial charge is 0.275 e. The third-order valence-electron chi connectivity index (χ3n) is 5.70. The number of piperazine rings is 1. The lowest BCUT2D eigenvalue weighted by Crippen LogP contribution is -3.28. The van der Waals surface area contributed by atoms with Crippen LogP contribution in [0.5, 0.6) is 5.75 Å². The van der Waals surface area contributed by atoms with E-state index in [4.69, 9.17) is 16.3 Å². The van der Waals surface area contributed by atoms with Crippen LogP contribution in [0.1, 0.15) is 29.7 Å². The normalized spacial score (nSPS) is 20.1. The highest BCUT2D eigenvalue weighted by molar-refractivity contribution is 6.31. The maximum Gasteiger partial charge on any atom is 0.275 e. The summed E-state index contributed by atoms with van der Waals surface area (Å²) in [5, 5.41) is 3.78. The molecular weight excluding hydrogens is 386 g/mol. The van der Waals surface area contributed by atoms with Crippen LogP contribution in [-0.2, 0) is 11.3 Å². The van der Waals surface area contributed by atoms with Crippen molar-refractivity contribution in [3.8, 4) is 5.75 Å². The van der Waals surface area contributed by atoms with Crippen LogP contribution in [0.2, 0.25) is 5.02 Å². The summed E-state index contributed by atoms with van der Waals surface area (Å²) in [6.45, 7) is 9.67. The Labute approximate surface area is 178 Å². The molecule has 1 atom stereocenters. The Bertz CT molecular complexity index is 835. The Morgan fingerprint density at radius 3 is 2.52 bits per heavy atom. The lowest BCUT2D eigenvalue weighted by atomic mass is 10.1. The van der Waals surface area contributed by atoms with Gasteiger partial charge in [-0.1, -0.05) is 41.4 Å². The Kier molecular flexibility index (Phi) is 7.53. The number of nitrogens with one attached hydrogen (secondary N) is 3. The lowest BCUT2D eigenvalue weighted by Gasteiger charge is -2.30. The van der Waals surface area contributed by atoms with E-state index in [0.29, 0.717) is 11.6 Å². The topological polar surface area (TPSA) is 47.2 Å². The molecule has 5 nitrogen and oxygen atoms in total. The summed E-state index contributed by atoms with van der Waals surface area (Å²) in [4.78, 5) is 15.4. The number of hydrogen-bond acceptors (Lipinski definition) is 2. The van der Waals surface area contributed by atoms with Gasteiger partial charge in [-0.3, -0.25) is 4.79 Å². The Morgan fingerprint density at radius 1 is 1.14 bits per heavy atom. The first-order chi connectivity index (χ1) is 14.0. The van der Waals surface area contributed by atoms with E-state index in [1.807, 2.05) is 31.2 Å². The minimum absolute atomic E-state index is 0.0798. The molecule has 1 amide bonds. The number of ether oxygens (including phenoxy) is 1. The fourth-order valence-corrected chi connectivity index (χ4v) is 4.35. The largest absolute Gasteiger partial charge is 0.496 e. The molecular formula is C23H32ClN3O2+2. The summed E-state index contributed by atoms with van der Waals surface area (Å²) >= 11 is 6.24. The number of hydrogen-bond donors (Lipinski definition) is 3.